The Morgan fingerprint density at radius 1 is 1.20 bits per heavy atom. The van der Waals surface area contributed by atoms with Crippen molar-refractivity contribution in [3.05, 3.63) is 36.2 Å². The first kappa shape index (κ1) is 16.5. The molecule has 2 aromatic heterocycles. The van der Waals surface area contributed by atoms with Gasteiger partial charge in [0.1, 0.15) is 0 Å². The summed E-state index contributed by atoms with van der Waals surface area (Å²) >= 11 is 0. The smallest absolute Gasteiger partial charge is 0.235 e. The van der Waals surface area contributed by atoms with Crippen molar-refractivity contribution in [2.45, 2.75) is 6.42 Å². The molecule has 0 saturated carbocycles. The molecule has 1 aromatic carbocycles. The summed E-state index contributed by atoms with van der Waals surface area (Å²) in [5.74, 6) is 2.33. The highest BCUT2D eigenvalue weighted by Gasteiger charge is 2.10. The molecular weight excluding hydrogens is 324 g/mol. The number of nitrogens with one attached hydrogen (secondary N) is 2. The van der Waals surface area contributed by atoms with Gasteiger partial charge in [-0.05, 0) is 24.1 Å². The van der Waals surface area contributed by atoms with E-state index in [0.29, 0.717) is 41.9 Å². The summed E-state index contributed by atoms with van der Waals surface area (Å²) in [5.41, 5.74) is 1.64. The van der Waals surface area contributed by atoms with Crippen molar-refractivity contribution in [3.8, 4) is 11.5 Å². The second-order valence-electron chi connectivity index (χ2n) is 5.12. The molecule has 2 N–H and O–H groups in total. The lowest BCUT2D eigenvalue weighted by Gasteiger charge is -2.10. The van der Waals surface area contributed by atoms with Crippen molar-refractivity contribution >= 4 is 23.8 Å². The molecule has 0 aliphatic carbocycles. The Labute approximate surface area is 144 Å². The average molecular weight is 342 g/mol. The number of nitrogens with zero attached hydrogens (tertiary/aromatic N) is 4. The number of rotatable bonds is 8. The first-order valence-corrected chi connectivity index (χ1v) is 7.61. The maximum Gasteiger partial charge on any atom is 0.235 e. The summed E-state index contributed by atoms with van der Waals surface area (Å²) in [5, 5.41) is 13.7. The molecule has 3 rings (SSSR count). The Kier molecular flexibility index (Phi) is 4.93. The molecule has 0 radical (unpaired) electrons. The minimum atomic E-state index is 0.343. The molecule has 0 fully saturated rings. The van der Waals surface area contributed by atoms with E-state index in [9.17, 15) is 4.79 Å². The van der Waals surface area contributed by atoms with Crippen LogP contribution in [0.15, 0.2) is 30.6 Å². The topological polar surface area (TPSA) is 103 Å². The Bertz CT molecular complexity index is 879. The highest BCUT2D eigenvalue weighted by atomic mass is 16.5. The van der Waals surface area contributed by atoms with Crippen molar-refractivity contribution in [2.24, 2.45) is 0 Å². The molecule has 3 aromatic rings. The third-order valence-corrected chi connectivity index (χ3v) is 3.67. The Morgan fingerprint density at radius 2 is 2.04 bits per heavy atom. The quantitative estimate of drug-likeness (QED) is 0.596. The summed E-state index contributed by atoms with van der Waals surface area (Å²) < 4.78 is 12.2. The van der Waals surface area contributed by atoms with E-state index in [1.54, 1.807) is 31.0 Å². The Hall–Kier alpha value is -3.36. The van der Waals surface area contributed by atoms with Crippen LogP contribution >= 0.6 is 0 Å². The number of carbonyl (C=O) groups is 1. The zero-order valence-corrected chi connectivity index (χ0v) is 13.9. The van der Waals surface area contributed by atoms with E-state index in [1.807, 2.05) is 18.2 Å². The van der Waals surface area contributed by atoms with Gasteiger partial charge >= 0.3 is 0 Å². The van der Waals surface area contributed by atoms with Crippen LogP contribution < -0.4 is 20.1 Å². The van der Waals surface area contributed by atoms with Gasteiger partial charge in [-0.3, -0.25) is 14.5 Å². The number of aromatic nitrogens is 4. The fourth-order valence-electron chi connectivity index (χ4n) is 2.46. The standard InChI is InChI=1S/C16H18N6O3/c1-24-12-4-3-11(9-13(12)25-2)5-6-17-14-15-20-21-16(19-10-23)22(15)8-7-18-14/h3-4,7-10H,5-6H2,1-2H3,(H,17,18)(H,19,21,23). The van der Waals surface area contributed by atoms with Crippen LogP contribution in [-0.2, 0) is 11.2 Å². The van der Waals surface area contributed by atoms with Crippen molar-refractivity contribution in [1.29, 1.82) is 0 Å². The van der Waals surface area contributed by atoms with Gasteiger partial charge in [0.15, 0.2) is 17.3 Å². The van der Waals surface area contributed by atoms with Crippen molar-refractivity contribution < 1.29 is 14.3 Å². The zero-order valence-electron chi connectivity index (χ0n) is 13.9. The molecule has 0 unspecified atom stereocenters. The third kappa shape index (κ3) is 3.44. The largest absolute Gasteiger partial charge is 0.493 e. The van der Waals surface area contributed by atoms with Gasteiger partial charge in [-0.2, -0.15) is 0 Å². The van der Waals surface area contributed by atoms with Gasteiger partial charge < -0.3 is 14.8 Å². The second kappa shape index (κ2) is 7.47. The number of ether oxygens (including phenoxy) is 2. The number of benzene rings is 1. The fraction of sp³-hybridized carbons (Fsp3) is 0.250. The van der Waals surface area contributed by atoms with Crippen molar-refractivity contribution in [1.82, 2.24) is 19.6 Å². The van der Waals surface area contributed by atoms with Crippen LogP contribution in [0.25, 0.3) is 5.65 Å². The van der Waals surface area contributed by atoms with Crippen LogP contribution in [0.3, 0.4) is 0 Å². The zero-order chi connectivity index (χ0) is 17.6. The highest BCUT2D eigenvalue weighted by molar-refractivity contribution is 5.71. The van der Waals surface area contributed by atoms with Crippen LogP contribution in [0.4, 0.5) is 11.8 Å². The molecule has 25 heavy (non-hydrogen) atoms. The molecule has 0 aliphatic heterocycles. The van der Waals surface area contributed by atoms with Crippen molar-refractivity contribution in [3.63, 3.8) is 0 Å². The number of hydrogen-bond acceptors (Lipinski definition) is 7. The first-order valence-electron chi connectivity index (χ1n) is 7.61. The van der Waals surface area contributed by atoms with Gasteiger partial charge in [-0.25, -0.2) is 4.98 Å². The number of methoxy groups -OCH3 is 2. The molecular formula is C16H18N6O3. The van der Waals surface area contributed by atoms with Gasteiger partial charge in [0.05, 0.1) is 14.2 Å². The van der Waals surface area contributed by atoms with E-state index in [2.05, 4.69) is 25.8 Å². The molecule has 1 amide bonds. The lowest BCUT2D eigenvalue weighted by molar-refractivity contribution is -0.105. The number of carbonyl (C=O) groups excluding carboxylic acids is 1. The summed E-state index contributed by atoms with van der Waals surface area (Å²) in [7, 11) is 3.22. The van der Waals surface area contributed by atoms with Crippen LogP contribution in [0.1, 0.15) is 5.56 Å². The van der Waals surface area contributed by atoms with E-state index >= 15 is 0 Å². The van der Waals surface area contributed by atoms with Crippen LogP contribution in [0.2, 0.25) is 0 Å². The van der Waals surface area contributed by atoms with Gasteiger partial charge in [0, 0.05) is 18.9 Å². The third-order valence-electron chi connectivity index (χ3n) is 3.67. The molecule has 0 atom stereocenters. The summed E-state index contributed by atoms with van der Waals surface area (Å²) in [4.78, 5) is 14.9. The van der Waals surface area contributed by atoms with E-state index in [-0.39, 0.29) is 0 Å². The maximum absolute atomic E-state index is 10.6. The average Bonchev–Trinajstić information content (AvgIpc) is 3.06. The normalized spacial score (nSPS) is 10.5. The summed E-state index contributed by atoms with van der Waals surface area (Å²) in [6.07, 6.45) is 4.61. The van der Waals surface area contributed by atoms with Crippen LogP contribution in [0.5, 0.6) is 11.5 Å². The Balaban J connectivity index is 1.70. The van der Waals surface area contributed by atoms with Gasteiger partial charge in [-0.1, -0.05) is 6.07 Å². The molecule has 9 heteroatoms. The number of fused-ring (bicyclic) bond motifs is 1. The van der Waals surface area contributed by atoms with E-state index in [4.69, 9.17) is 9.47 Å². The molecule has 0 spiro atoms. The SMILES string of the molecule is COc1ccc(CCNc2nccn3c(NC=O)nnc23)cc1OC. The lowest BCUT2D eigenvalue weighted by Crippen LogP contribution is -2.08. The molecule has 0 aliphatic rings. The minimum Gasteiger partial charge on any atom is -0.493 e. The second-order valence-corrected chi connectivity index (χ2v) is 5.12. The number of amides is 1. The molecule has 0 bridgehead atoms. The van der Waals surface area contributed by atoms with Gasteiger partial charge in [0.25, 0.3) is 0 Å². The van der Waals surface area contributed by atoms with E-state index in [0.717, 1.165) is 12.0 Å². The number of anilines is 2. The molecule has 2 heterocycles. The summed E-state index contributed by atoms with van der Waals surface area (Å²) in [6.45, 7) is 0.644. The monoisotopic (exact) mass is 342 g/mol. The molecule has 9 nitrogen and oxygen atoms in total. The van der Waals surface area contributed by atoms with E-state index < -0.39 is 0 Å². The Morgan fingerprint density at radius 3 is 2.80 bits per heavy atom. The highest BCUT2D eigenvalue weighted by Crippen LogP contribution is 2.27. The van der Waals surface area contributed by atoms with Gasteiger partial charge in [0.2, 0.25) is 18.0 Å². The molecule has 0 saturated heterocycles. The molecule has 130 valence electrons. The predicted molar refractivity (Wildman–Crippen MR) is 92.2 cm³/mol. The first-order chi connectivity index (χ1) is 12.3. The lowest BCUT2D eigenvalue weighted by atomic mass is 10.1. The van der Waals surface area contributed by atoms with Crippen molar-refractivity contribution in [2.75, 3.05) is 31.4 Å². The van der Waals surface area contributed by atoms with E-state index in [1.165, 1.54) is 0 Å². The van der Waals surface area contributed by atoms with Gasteiger partial charge in [-0.15, -0.1) is 10.2 Å². The van der Waals surface area contributed by atoms with Crippen LogP contribution in [-0.4, -0.2) is 46.8 Å². The fourth-order valence-corrected chi connectivity index (χ4v) is 2.46. The summed E-state index contributed by atoms with van der Waals surface area (Å²) in [6, 6.07) is 5.81. The maximum atomic E-state index is 10.6. The number of hydrogen-bond donors (Lipinski definition) is 2. The van der Waals surface area contributed by atoms with Crippen LogP contribution in [0, 0.1) is 0 Å². The predicted octanol–water partition coefficient (Wildman–Crippen LogP) is 1.36. The minimum absolute atomic E-state index is 0.343.